The number of benzene rings is 1. The van der Waals surface area contributed by atoms with Gasteiger partial charge >= 0.3 is 6.18 Å². The van der Waals surface area contributed by atoms with Crippen LogP contribution in [0, 0.1) is 6.92 Å². The predicted molar refractivity (Wildman–Crippen MR) is 81.5 cm³/mol. The molecule has 2 aromatic rings. The molecule has 1 saturated carbocycles. The first kappa shape index (κ1) is 16.0. The topological polar surface area (TPSA) is 42.0 Å². The first-order valence-electron chi connectivity index (χ1n) is 7.19. The summed E-state index contributed by atoms with van der Waals surface area (Å²) in [5.41, 5.74) is -1.46. The SMILES string of the molecule is Cc1cnc(C2(CNC(=O)c3ccccc3C(F)(F)F)CC2)s1. The maximum absolute atomic E-state index is 13.0. The van der Waals surface area contributed by atoms with Crippen LogP contribution in [0.2, 0.25) is 0 Å². The van der Waals surface area contributed by atoms with Gasteiger partial charge in [0.15, 0.2) is 0 Å². The van der Waals surface area contributed by atoms with Crippen molar-refractivity contribution in [2.75, 3.05) is 6.54 Å². The summed E-state index contributed by atoms with van der Waals surface area (Å²) in [6, 6.07) is 4.83. The molecule has 3 nitrogen and oxygen atoms in total. The van der Waals surface area contributed by atoms with Crippen LogP contribution in [0.15, 0.2) is 30.5 Å². The zero-order valence-electron chi connectivity index (χ0n) is 12.4. The van der Waals surface area contributed by atoms with Crippen LogP contribution in [0.3, 0.4) is 0 Å². The lowest BCUT2D eigenvalue weighted by molar-refractivity contribution is -0.137. The minimum absolute atomic E-state index is 0.207. The molecule has 0 atom stereocenters. The Morgan fingerprint density at radius 2 is 2.04 bits per heavy atom. The van der Waals surface area contributed by atoms with E-state index in [-0.39, 0.29) is 11.0 Å². The van der Waals surface area contributed by atoms with Crippen molar-refractivity contribution in [1.82, 2.24) is 10.3 Å². The maximum atomic E-state index is 13.0. The summed E-state index contributed by atoms with van der Waals surface area (Å²) >= 11 is 1.57. The van der Waals surface area contributed by atoms with Crippen molar-refractivity contribution in [3.63, 3.8) is 0 Å². The molecule has 1 aliphatic rings. The molecule has 7 heteroatoms. The Labute approximate surface area is 135 Å². The normalized spacial score (nSPS) is 16.2. The molecule has 1 aliphatic carbocycles. The highest BCUT2D eigenvalue weighted by molar-refractivity contribution is 7.11. The van der Waals surface area contributed by atoms with Gasteiger partial charge < -0.3 is 5.32 Å². The van der Waals surface area contributed by atoms with E-state index < -0.39 is 17.6 Å². The van der Waals surface area contributed by atoms with E-state index in [9.17, 15) is 18.0 Å². The maximum Gasteiger partial charge on any atom is 0.417 e. The average Bonchev–Trinajstić information content (AvgIpc) is 3.18. The number of aryl methyl sites for hydroxylation is 1. The van der Waals surface area contributed by atoms with E-state index in [0.29, 0.717) is 6.54 Å². The van der Waals surface area contributed by atoms with Crippen LogP contribution in [0.4, 0.5) is 13.2 Å². The molecule has 0 radical (unpaired) electrons. The van der Waals surface area contributed by atoms with Crippen LogP contribution in [-0.4, -0.2) is 17.4 Å². The Balaban J connectivity index is 1.74. The molecule has 23 heavy (non-hydrogen) atoms. The standard InChI is InChI=1S/C16H15F3N2OS/c1-10-8-20-14(23-10)15(6-7-15)9-21-13(22)11-4-2-3-5-12(11)16(17,18)19/h2-5,8H,6-7,9H2,1H3,(H,21,22). The second-order valence-electron chi connectivity index (χ2n) is 5.78. The number of carbonyl (C=O) groups is 1. The Kier molecular flexibility index (Phi) is 3.91. The third-order valence-corrected chi connectivity index (χ3v) is 5.15. The van der Waals surface area contributed by atoms with E-state index in [0.717, 1.165) is 28.8 Å². The summed E-state index contributed by atoms with van der Waals surface area (Å²) in [7, 11) is 0. The predicted octanol–water partition coefficient (Wildman–Crippen LogP) is 3.93. The van der Waals surface area contributed by atoms with E-state index in [1.54, 1.807) is 17.5 Å². The van der Waals surface area contributed by atoms with Gasteiger partial charge in [-0.15, -0.1) is 11.3 Å². The van der Waals surface area contributed by atoms with Crippen molar-refractivity contribution in [3.05, 3.63) is 51.5 Å². The van der Waals surface area contributed by atoms with Gasteiger partial charge in [0, 0.05) is 23.0 Å². The van der Waals surface area contributed by atoms with Crippen molar-refractivity contribution < 1.29 is 18.0 Å². The van der Waals surface area contributed by atoms with Crippen LogP contribution in [0.5, 0.6) is 0 Å². The third kappa shape index (κ3) is 3.24. The zero-order valence-corrected chi connectivity index (χ0v) is 13.2. The lowest BCUT2D eigenvalue weighted by Gasteiger charge is -2.16. The van der Waals surface area contributed by atoms with Crippen molar-refractivity contribution >= 4 is 17.2 Å². The first-order valence-corrected chi connectivity index (χ1v) is 8.01. The van der Waals surface area contributed by atoms with E-state index in [1.807, 2.05) is 6.92 Å². The van der Waals surface area contributed by atoms with Gasteiger partial charge in [0.25, 0.3) is 5.91 Å². The molecule has 3 rings (SSSR count). The van der Waals surface area contributed by atoms with Gasteiger partial charge in [-0.05, 0) is 31.9 Å². The molecule has 0 spiro atoms. The molecular formula is C16H15F3N2OS. The molecule has 0 aliphatic heterocycles. The highest BCUT2D eigenvalue weighted by atomic mass is 32.1. The monoisotopic (exact) mass is 340 g/mol. The van der Waals surface area contributed by atoms with E-state index in [2.05, 4.69) is 10.3 Å². The molecule has 1 amide bonds. The second-order valence-corrected chi connectivity index (χ2v) is 7.02. The fraction of sp³-hybridized carbons (Fsp3) is 0.375. The largest absolute Gasteiger partial charge is 0.417 e. The molecule has 0 saturated heterocycles. The molecular weight excluding hydrogens is 325 g/mol. The number of aromatic nitrogens is 1. The molecule has 0 bridgehead atoms. The van der Waals surface area contributed by atoms with E-state index in [4.69, 9.17) is 0 Å². The summed E-state index contributed by atoms with van der Waals surface area (Å²) < 4.78 is 38.9. The summed E-state index contributed by atoms with van der Waals surface area (Å²) in [5.74, 6) is -0.697. The first-order chi connectivity index (χ1) is 10.8. The molecule has 1 aromatic heterocycles. The van der Waals surface area contributed by atoms with Crippen LogP contribution in [-0.2, 0) is 11.6 Å². The Morgan fingerprint density at radius 1 is 1.35 bits per heavy atom. The van der Waals surface area contributed by atoms with E-state index in [1.165, 1.54) is 18.2 Å². The van der Waals surface area contributed by atoms with Crippen molar-refractivity contribution in [2.45, 2.75) is 31.4 Å². The van der Waals surface area contributed by atoms with Crippen molar-refractivity contribution in [3.8, 4) is 0 Å². The van der Waals surface area contributed by atoms with Gasteiger partial charge in [-0.25, -0.2) is 4.98 Å². The molecule has 1 fully saturated rings. The van der Waals surface area contributed by atoms with Gasteiger partial charge in [-0.1, -0.05) is 12.1 Å². The molecule has 0 unspecified atom stereocenters. The number of nitrogens with one attached hydrogen (secondary N) is 1. The third-order valence-electron chi connectivity index (χ3n) is 3.99. The van der Waals surface area contributed by atoms with Gasteiger partial charge in [-0.2, -0.15) is 13.2 Å². The lowest BCUT2D eigenvalue weighted by atomic mass is 10.1. The Hall–Kier alpha value is -1.89. The quantitative estimate of drug-likeness (QED) is 0.916. The number of nitrogens with zero attached hydrogens (tertiary/aromatic N) is 1. The summed E-state index contributed by atoms with van der Waals surface area (Å²) in [6.45, 7) is 2.26. The number of hydrogen-bond donors (Lipinski definition) is 1. The summed E-state index contributed by atoms with van der Waals surface area (Å²) in [6.07, 6.45) is -0.985. The van der Waals surface area contributed by atoms with Crippen LogP contribution in [0.1, 0.15) is 38.6 Å². The molecule has 122 valence electrons. The van der Waals surface area contributed by atoms with Gasteiger partial charge in [0.05, 0.1) is 11.1 Å². The number of alkyl halides is 3. The van der Waals surface area contributed by atoms with Gasteiger partial charge in [0.1, 0.15) is 5.01 Å². The summed E-state index contributed by atoms with van der Waals surface area (Å²) in [4.78, 5) is 17.6. The average molecular weight is 340 g/mol. The molecule has 1 aromatic carbocycles. The Bertz CT molecular complexity index is 735. The van der Waals surface area contributed by atoms with Crippen LogP contribution in [0.25, 0.3) is 0 Å². The highest BCUT2D eigenvalue weighted by Crippen LogP contribution is 2.49. The van der Waals surface area contributed by atoms with Crippen molar-refractivity contribution in [2.24, 2.45) is 0 Å². The molecule has 1 N–H and O–H groups in total. The van der Waals surface area contributed by atoms with Crippen LogP contribution >= 0.6 is 11.3 Å². The number of carbonyl (C=O) groups excluding carboxylic acids is 1. The number of halogens is 3. The minimum atomic E-state index is -4.54. The van der Waals surface area contributed by atoms with Gasteiger partial charge in [0.2, 0.25) is 0 Å². The number of rotatable bonds is 4. The summed E-state index contributed by atoms with van der Waals surface area (Å²) in [5, 5.41) is 3.59. The van der Waals surface area contributed by atoms with Crippen LogP contribution < -0.4 is 5.32 Å². The second kappa shape index (κ2) is 5.63. The number of thiazole rings is 1. The van der Waals surface area contributed by atoms with E-state index >= 15 is 0 Å². The number of hydrogen-bond acceptors (Lipinski definition) is 3. The smallest absolute Gasteiger partial charge is 0.351 e. The Morgan fingerprint density at radius 3 is 2.61 bits per heavy atom. The number of amides is 1. The lowest BCUT2D eigenvalue weighted by Crippen LogP contribution is -2.33. The minimum Gasteiger partial charge on any atom is -0.351 e. The fourth-order valence-electron chi connectivity index (χ4n) is 2.49. The zero-order chi connectivity index (χ0) is 16.7. The highest BCUT2D eigenvalue weighted by Gasteiger charge is 2.47. The fourth-order valence-corrected chi connectivity index (χ4v) is 3.50. The van der Waals surface area contributed by atoms with Crippen molar-refractivity contribution in [1.29, 1.82) is 0 Å². The molecule has 1 heterocycles. The van der Waals surface area contributed by atoms with Gasteiger partial charge in [-0.3, -0.25) is 4.79 Å².